The number of carboxylic acid groups (broad SMARTS) is 1. The predicted molar refractivity (Wildman–Crippen MR) is 72.5 cm³/mol. The summed E-state index contributed by atoms with van der Waals surface area (Å²) in [4.78, 5) is 11.4. The first-order valence-electron chi connectivity index (χ1n) is 7.57. The van der Waals surface area contributed by atoms with E-state index < -0.39 is 18.0 Å². The van der Waals surface area contributed by atoms with Gasteiger partial charge in [-0.25, -0.2) is 0 Å². The summed E-state index contributed by atoms with van der Waals surface area (Å²) in [6.45, 7) is 2.15. The molecule has 0 saturated heterocycles. The number of carbonyl (C=O) groups is 1. The molecular formula is C15H28O3. The third kappa shape index (κ3) is 4.97. The van der Waals surface area contributed by atoms with Crippen LogP contribution in [0.4, 0.5) is 0 Å². The minimum Gasteiger partial charge on any atom is -0.481 e. The highest BCUT2D eigenvalue weighted by molar-refractivity contribution is 5.71. The van der Waals surface area contributed by atoms with Gasteiger partial charge in [-0.2, -0.15) is 0 Å². The molecule has 2 N–H and O–H groups in total. The van der Waals surface area contributed by atoms with Crippen LogP contribution >= 0.6 is 0 Å². The zero-order chi connectivity index (χ0) is 13.4. The Morgan fingerprint density at radius 3 is 2.39 bits per heavy atom. The molecule has 0 aromatic carbocycles. The Bertz CT molecular complexity index is 234. The number of hydrogen-bond acceptors (Lipinski definition) is 2. The minimum absolute atomic E-state index is 0.192. The normalized spacial score (nSPS) is 20.6. The number of carboxylic acids is 1. The molecule has 0 amide bonds. The predicted octanol–water partition coefficient (Wildman–Crippen LogP) is 3.60. The molecule has 0 aromatic rings. The van der Waals surface area contributed by atoms with E-state index in [1.807, 2.05) is 0 Å². The topological polar surface area (TPSA) is 57.5 Å². The largest absolute Gasteiger partial charge is 0.481 e. The number of aliphatic hydroxyl groups is 1. The van der Waals surface area contributed by atoms with Gasteiger partial charge in [-0.05, 0) is 25.2 Å². The summed E-state index contributed by atoms with van der Waals surface area (Å²) in [6.07, 6.45) is 9.80. The summed E-state index contributed by atoms with van der Waals surface area (Å²) in [6, 6.07) is 0. The highest BCUT2D eigenvalue weighted by atomic mass is 16.4. The molecule has 2 unspecified atom stereocenters. The molecule has 106 valence electrons. The van der Waals surface area contributed by atoms with Crippen molar-refractivity contribution in [1.82, 2.24) is 0 Å². The van der Waals surface area contributed by atoms with Crippen LogP contribution in [0.15, 0.2) is 0 Å². The van der Waals surface area contributed by atoms with Crippen LogP contribution in [0.5, 0.6) is 0 Å². The molecule has 1 fully saturated rings. The van der Waals surface area contributed by atoms with Gasteiger partial charge in [0.1, 0.15) is 0 Å². The lowest BCUT2D eigenvalue weighted by molar-refractivity contribution is -0.149. The molecule has 0 radical (unpaired) electrons. The first-order chi connectivity index (χ1) is 8.66. The van der Waals surface area contributed by atoms with E-state index in [0.29, 0.717) is 6.42 Å². The Morgan fingerprint density at radius 2 is 1.83 bits per heavy atom. The molecule has 0 bridgehead atoms. The maximum atomic E-state index is 11.4. The van der Waals surface area contributed by atoms with Gasteiger partial charge in [0.15, 0.2) is 0 Å². The number of aliphatic hydroxyl groups excluding tert-OH is 1. The van der Waals surface area contributed by atoms with Crippen molar-refractivity contribution < 1.29 is 15.0 Å². The first kappa shape index (κ1) is 15.5. The van der Waals surface area contributed by atoms with Crippen LogP contribution in [0.25, 0.3) is 0 Å². The van der Waals surface area contributed by atoms with E-state index in [9.17, 15) is 15.0 Å². The van der Waals surface area contributed by atoms with Crippen molar-refractivity contribution in [1.29, 1.82) is 0 Å². The van der Waals surface area contributed by atoms with Crippen LogP contribution in [-0.4, -0.2) is 22.3 Å². The summed E-state index contributed by atoms with van der Waals surface area (Å²) < 4.78 is 0. The van der Waals surface area contributed by atoms with E-state index in [-0.39, 0.29) is 5.92 Å². The molecule has 0 aromatic heterocycles. The maximum absolute atomic E-state index is 11.4. The second-order valence-electron chi connectivity index (χ2n) is 5.68. The fourth-order valence-corrected chi connectivity index (χ4v) is 3.13. The summed E-state index contributed by atoms with van der Waals surface area (Å²) in [5, 5.41) is 19.5. The molecular weight excluding hydrogens is 228 g/mol. The lowest BCUT2D eigenvalue weighted by atomic mass is 9.76. The van der Waals surface area contributed by atoms with Gasteiger partial charge in [-0.15, -0.1) is 0 Å². The van der Waals surface area contributed by atoms with Crippen molar-refractivity contribution in [2.45, 2.75) is 77.2 Å². The molecule has 0 heterocycles. The van der Waals surface area contributed by atoms with Crippen LogP contribution in [0.3, 0.4) is 0 Å². The van der Waals surface area contributed by atoms with E-state index in [1.165, 1.54) is 19.3 Å². The first-order valence-corrected chi connectivity index (χ1v) is 7.57. The van der Waals surface area contributed by atoms with Gasteiger partial charge in [0.2, 0.25) is 0 Å². The van der Waals surface area contributed by atoms with E-state index in [0.717, 1.165) is 38.5 Å². The molecule has 1 rings (SSSR count). The van der Waals surface area contributed by atoms with Gasteiger partial charge in [0.05, 0.1) is 12.0 Å². The number of rotatable bonds is 8. The van der Waals surface area contributed by atoms with Crippen molar-refractivity contribution in [3.05, 3.63) is 0 Å². The van der Waals surface area contributed by atoms with Crippen molar-refractivity contribution in [3.8, 4) is 0 Å². The molecule has 2 atom stereocenters. The summed E-state index contributed by atoms with van der Waals surface area (Å²) in [7, 11) is 0. The van der Waals surface area contributed by atoms with Crippen molar-refractivity contribution in [2.24, 2.45) is 11.8 Å². The molecule has 1 saturated carbocycles. The smallest absolute Gasteiger partial charge is 0.309 e. The zero-order valence-corrected chi connectivity index (χ0v) is 11.6. The molecule has 18 heavy (non-hydrogen) atoms. The second kappa shape index (κ2) is 8.52. The fraction of sp³-hybridized carbons (Fsp3) is 0.933. The molecule has 1 aliphatic carbocycles. The Kier molecular flexibility index (Phi) is 7.33. The average Bonchev–Trinajstić information content (AvgIpc) is 2.36. The summed E-state index contributed by atoms with van der Waals surface area (Å²) >= 11 is 0. The van der Waals surface area contributed by atoms with Gasteiger partial charge in [0.25, 0.3) is 0 Å². The third-order valence-corrected chi connectivity index (χ3v) is 4.21. The SMILES string of the molecule is CCCCCCC(O)C(C(=O)O)C1CCCCC1. The molecule has 1 aliphatic rings. The van der Waals surface area contributed by atoms with Crippen LogP contribution in [-0.2, 0) is 4.79 Å². The van der Waals surface area contributed by atoms with Gasteiger partial charge < -0.3 is 10.2 Å². The van der Waals surface area contributed by atoms with Crippen LogP contribution in [0.2, 0.25) is 0 Å². The van der Waals surface area contributed by atoms with Gasteiger partial charge >= 0.3 is 5.97 Å². The lowest BCUT2D eigenvalue weighted by Crippen LogP contribution is -2.35. The maximum Gasteiger partial charge on any atom is 0.309 e. The van der Waals surface area contributed by atoms with E-state index >= 15 is 0 Å². The van der Waals surface area contributed by atoms with Crippen molar-refractivity contribution in [3.63, 3.8) is 0 Å². The fourth-order valence-electron chi connectivity index (χ4n) is 3.13. The highest BCUT2D eigenvalue weighted by Gasteiger charge is 2.34. The Labute approximate surface area is 111 Å². The van der Waals surface area contributed by atoms with Gasteiger partial charge in [-0.3, -0.25) is 4.79 Å². The number of hydrogen-bond donors (Lipinski definition) is 2. The van der Waals surface area contributed by atoms with Crippen molar-refractivity contribution >= 4 is 5.97 Å². The molecule has 3 nitrogen and oxygen atoms in total. The lowest BCUT2D eigenvalue weighted by Gasteiger charge is -2.30. The van der Waals surface area contributed by atoms with E-state index in [2.05, 4.69) is 6.92 Å². The monoisotopic (exact) mass is 256 g/mol. The average molecular weight is 256 g/mol. The zero-order valence-electron chi connectivity index (χ0n) is 11.6. The highest BCUT2D eigenvalue weighted by Crippen LogP contribution is 2.33. The van der Waals surface area contributed by atoms with Crippen LogP contribution in [0, 0.1) is 11.8 Å². The summed E-state index contributed by atoms with van der Waals surface area (Å²) in [5.74, 6) is -1.14. The van der Waals surface area contributed by atoms with E-state index in [4.69, 9.17) is 0 Å². The third-order valence-electron chi connectivity index (χ3n) is 4.21. The van der Waals surface area contributed by atoms with Crippen LogP contribution < -0.4 is 0 Å². The minimum atomic E-state index is -0.801. The Morgan fingerprint density at radius 1 is 1.17 bits per heavy atom. The Balaban J connectivity index is 2.41. The second-order valence-corrected chi connectivity index (χ2v) is 5.68. The van der Waals surface area contributed by atoms with Crippen molar-refractivity contribution in [2.75, 3.05) is 0 Å². The standard InChI is InChI=1S/C15H28O3/c1-2-3-4-8-11-13(16)14(15(17)18)12-9-6-5-7-10-12/h12-14,16H,2-11H2,1H3,(H,17,18). The van der Waals surface area contributed by atoms with Crippen LogP contribution in [0.1, 0.15) is 71.1 Å². The quantitative estimate of drug-likeness (QED) is 0.652. The molecule has 0 aliphatic heterocycles. The number of aliphatic carboxylic acids is 1. The number of unbranched alkanes of at least 4 members (excludes halogenated alkanes) is 3. The van der Waals surface area contributed by atoms with Gasteiger partial charge in [-0.1, -0.05) is 51.9 Å². The Hall–Kier alpha value is -0.570. The summed E-state index contributed by atoms with van der Waals surface area (Å²) in [5.41, 5.74) is 0. The van der Waals surface area contributed by atoms with Gasteiger partial charge in [0, 0.05) is 0 Å². The molecule has 3 heteroatoms. The molecule has 0 spiro atoms. The van der Waals surface area contributed by atoms with E-state index in [1.54, 1.807) is 0 Å².